The van der Waals surface area contributed by atoms with E-state index in [1.165, 1.54) is 0 Å². The Bertz CT molecular complexity index is 283. The number of hydrogen-bond donors (Lipinski definition) is 1. The maximum absolute atomic E-state index is 9.40. The number of rotatable bonds is 4. The molecule has 1 aliphatic heterocycles. The number of nitrogens with zero attached hydrogens (tertiary/aromatic N) is 2. The van der Waals surface area contributed by atoms with Crippen molar-refractivity contribution in [2.24, 2.45) is 0 Å². The summed E-state index contributed by atoms with van der Waals surface area (Å²) in [5, 5.41) is 12.8. The topological polar surface area (TPSA) is 48.3 Å². The third-order valence-corrected chi connectivity index (χ3v) is 3.98. The molecule has 2 fully saturated rings. The van der Waals surface area contributed by atoms with Crippen LogP contribution in [0.1, 0.15) is 32.6 Å². The highest BCUT2D eigenvalue weighted by Gasteiger charge is 2.41. The predicted molar refractivity (Wildman–Crippen MR) is 66.7 cm³/mol. The molecule has 1 N–H and O–H groups in total. The summed E-state index contributed by atoms with van der Waals surface area (Å²) in [5.74, 6) is 0. The van der Waals surface area contributed by atoms with Gasteiger partial charge in [-0.1, -0.05) is 6.92 Å². The van der Waals surface area contributed by atoms with Gasteiger partial charge in [0.05, 0.1) is 19.3 Å². The molecule has 17 heavy (non-hydrogen) atoms. The van der Waals surface area contributed by atoms with Gasteiger partial charge in [-0.25, -0.2) is 0 Å². The monoisotopic (exact) mass is 237 g/mol. The average Bonchev–Trinajstić information content (AvgIpc) is 2.83. The van der Waals surface area contributed by atoms with Gasteiger partial charge in [-0.3, -0.25) is 10.2 Å². The quantitative estimate of drug-likeness (QED) is 0.796. The van der Waals surface area contributed by atoms with Gasteiger partial charge in [0.15, 0.2) is 0 Å². The van der Waals surface area contributed by atoms with Crippen LogP contribution in [0.3, 0.4) is 0 Å². The molecule has 4 nitrogen and oxygen atoms in total. The molecule has 0 amide bonds. The lowest BCUT2D eigenvalue weighted by Gasteiger charge is -2.33. The second kappa shape index (κ2) is 5.81. The van der Waals surface area contributed by atoms with E-state index in [9.17, 15) is 5.26 Å². The van der Waals surface area contributed by atoms with Crippen molar-refractivity contribution >= 4 is 0 Å². The number of hydrogen-bond acceptors (Lipinski definition) is 4. The normalized spacial score (nSPS) is 34.7. The summed E-state index contributed by atoms with van der Waals surface area (Å²) >= 11 is 0. The van der Waals surface area contributed by atoms with Gasteiger partial charge < -0.3 is 4.74 Å². The fourth-order valence-corrected chi connectivity index (χ4v) is 2.94. The lowest BCUT2D eigenvalue weighted by atomic mass is 9.99. The van der Waals surface area contributed by atoms with E-state index in [0.717, 1.165) is 58.5 Å². The van der Waals surface area contributed by atoms with Crippen LogP contribution < -0.4 is 5.32 Å². The van der Waals surface area contributed by atoms with Crippen molar-refractivity contribution in [2.75, 3.05) is 32.8 Å². The number of nitriles is 1. The summed E-state index contributed by atoms with van der Waals surface area (Å²) in [6.45, 7) is 6.84. The first-order valence-corrected chi connectivity index (χ1v) is 6.78. The Labute approximate surface area is 104 Å². The highest BCUT2D eigenvalue weighted by atomic mass is 16.5. The third kappa shape index (κ3) is 2.98. The Morgan fingerprint density at radius 3 is 2.88 bits per heavy atom. The van der Waals surface area contributed by atoms with Crippen LogP contribution in [0.15, 0.2) is 0 Å². The van der Waals surface area contributed by atoms with Crippen molar-refractivity contribution in [3.05, 3.63) is 0 Å². The first-order valence-electron chi connectivity index (χ1n) is 6.78. The molecule has 0 bridgehead atoms. The van der Waals surface area contributed by atoms with Crippen LogP contribution in [0.4, 0.5) is 0 Å². The van der Waals surface area contributed by atoms with Crippen molar-refractivity contribution in [3.63, 3.8) is 0 Å². The maximum atomic E-state index is 9.40. The largest absolute Gasteiger partial charge is 0.379 e. The fraction of sp³-hybridized carbons (Fsp3) is 0.923. The van der Waals surface area contributed by atoms with Gasteiger partial charge in [-0.15, -0.1) is 0 Å². The van der Waals surface area contributed by atoms with Crippen LogP contribution in [0, 0.1) is 11.3 Å². The molecule has 2 unspecified atom stereocenters. The molecule has 4 heteroatoms. The van der Waals surface area contributed by atoms with Crippen LogP contribution >= 0.6 is 0 Å². The van der Waals surface area contributed by atoms with E-state index in [4.69, 9.17) is 4.74 Å². The number of ether oxygens (including phenoxy) is 1. The summed E-state index contributed by atoms with van der Waals surface area (Å²) in [6.07, 6.45) is 4.20. The van der Waals surface area contributed by atoms with Gasteiger partial charge in [-0.05, 0) is 32.2 Å². The van der Waals surface area contributed by atoms with Crippen molar-refractivity contribution in [1.29, 1.82) is 5.26 Å². The number of morpholine rings is 1. The van der Waals surface area contributed by atoms with Gasteiger partial charge in [0.25, 0.3) is 0 Å². The maximum Gasteiger partial charge on any atom is 0.108 e. The molecule has 1 heterocycles. The zero-order chi connectivity index (χ0) is 12.1. The Hall–Kier alpha value is -0.630. The minimum absolute atomic E-state index is 0.265. The second-order valence-electron chi connectivity index (χ2n) is 5.17. The SMILES string of the molecule is CCCNC1(C#N)CCC(N2CCOCC2)C1. The first-order chi connectivity index (χ1) is 8.29. The van der Waals surface area contributed by atoms with E-state index in [2.05, 4.69) is 23.2 Å². The van der Waals surface area contributed by atoms with Gasteiger partial charge in [0.2, 0.25) is 0 Å². The Morgan fingerprint density at radius 1 is 1.47 bits per heavy atom. The van der Waals surface area contributed by atoms with Crippen LogP contribution in [-0.4, -0.2) is 49.3 Å². The molecular formula is C13H23N3O. The average molecular weight is 237 g/mol. The van der Waals surface area contributed by atoms with Crippen LogP contribution in [-0.2, 0) is 4.74 Å². The van der Waals surface area contributed by atoms with Crippen LogP contribution in [0.25, 0.3) is 0 Å². The Balaban J connectivity index is 1.90. The molecule has 2 rings (SSSR count). The summed E-state index contributed by atoms with van der Waals surface area (Å²) in [5.41, 5.74) is -0.265. The summed E-state index contributed by atoms with van der Waals surface area (Å²) < 4.78 is 5.38. The predicted octanol–water partition coefficient (Wildman–Crippen LogP) is 1.13. The van der Waals surface area contributed by atoms with Crippen molar-refractivity contribution in [3.8, 4) is 6.07 Å². The van der Waals surface area contributed by atoms with E-state index < -0.39 is 0 Å². The molecule has 0 aromatic carbocycles. The standard InChI is InChI=1S/C13H23N3O/c1-2-5-15-13(11-14)4-3-12(10-13)16-6-8-17-9-7-16/h12,15H,2-10H2,1H3. The highest BCUT2D eigenvalue weighted by molar-refractivity contribution is 5.13. The molecule has 0 radical (unpaired) electrons. The fourth-order valence-electron chi connectivity index (χ4n) is 2.94. The summed E-state index contributed by atoms with van der Waals surface area (Å²) in [7, 11) is 0. The lowest BCUT2D eigenvalue weighted by molar-refractivity contribution is 0.0170. The van der Waals surface area contributed by atoms with Gasteiger partial charge >= 0.3 is 0 Å². The van der Waals surface area contributed by atoms with E-state index in [1.807, 2.05) is 0 Å². The molecular weight excluding hydrogens is 214 g/mol. The molecule has 96 valence electrons. The van der Waals surface area contributed by atoms with Gasteiger partial charge in [-0.2, -0.15) is 5.26 Å². The molecule has 0 aromatic heterocycles. The van der Waals surface area contributed by atoms with E-state index >= 15 is 0 Å². The van der Waals surface area contributed by atoms with Crippen LogP contribution in [0.2, 0.25) is 0 Å². The smallest absolute Gasteiger partial charge is 0.108 e. The first kappa shape index (κ1) is 12.8. The van der Waals surface area contributed by atoms with Crippen LogP contribution in [0.5, 0.6) is 0 Å². The molecule has 1 saturated heterocycles. The second-order valence-corrected chi connectivity index (χ2v) is 5.17. The van der Waals surface area contributed by atoms with Crippen molar-refractivity contribution in [2.45, 2.75) is 44.2 Å². The van der Waals surface area contributed by atoms with Gasteiger partial charge in [0, 0.05) is 19.1 Å². The minimum Gasteiger partial charge on any atom is -0.379 e. The molecule has 0 aromatic rings. The number of nitrogens with one attached hydrogen (secondary N) is 1. The highest BCUT2D eigenvalue weighted by Crippen LogP contribution is 2.33. The van der Waals surface area contributed by atoms with E-state index in [1.54, 1.807) is 0 Å². The summed E-state index contributed by atoms with van der Waals surface area (Å²) in [6, 6.07) is 3.08. The molecule has 1 saturated carbocycles. The van der Waals surface area contributed by atoms with Crippen molar-refractivity contribution in [1.82, 2.24) is 10.2 Å². The molecule has 0 spiro atoms. The molecule has 1 aliphatic carbocycles. The van der Waals surface area contributed by atoms with Gasteiger partial charge in [0.1, 0.15) is 5.54 Å². The lowest BCUT2D eigenvalue weighted by Crippen LogP contribution is -2.46. The third-order valence-electron chi connectivity index (χ3n) is 3.98. The zero-order valence-corrected chi connectivity index (χ0v) is 10.7. The Kier molecular flexibility index (Phi) is 4.38. The molecule has 2 atom stereocenters. The van der Waals surface area contributed by atoms with Crippen molar-refractivity contribution < 1.29 is 4.74 Å². The molecule has 2 aliphatic rings. The summed E-state index contributed by atoms with van der Waals surface area (Å²) in [4.78, 5) is 2.50. The van der Waals surface area contributed by atoms with E-state index in [-0.39, 0.29) is 5.54 Å². The minimum atomic E-state index is -0.265. The zero-order valence-electron chi connectivity index (χ0n) is 10.7. The Morgan fingerprint density at radius 2 is 2.24 bits per heavy atom. The van der Waals surface area contributed by atoms with E-state index in [0.29, 0.717) is 6.04 Å².